The van der Waals surface area contributed by atoms with Gasteiger partial charge in [0.1, 0.15) is 4.90 Å². The summed E-state index contributed by atoms with van der Waals surface area (Å²) in [4.78, 5) is 14.0. The monoisotopic (exact) mass is 252 g/mol. The van der Waals surface area contributed by atoms with Crippen LogP contribution in [0.3, 0.4) is 0 Å². The van der Waals surface area contributed by atoms with Gasteiger partial charge in [-0.2, -0.15) is 0 Å². The Morgan fingerprint density at radius 1 is 1.41 bits per heavy atom. The molecule has 17 heavy (non-hydrogen) atoms. The van der Waals surface area contributed by atoms with Crippen molar-refractivity contribution in [3.8, 4) is 0 Å². The molecule has 7 nitrogen and oxygen atoms in total. The number of hydrogen-bond donors (Lipinski definition) is 1. The fraction of sp³-hybridized carbons (Fsp3) is 0.222. The summed E-state index contributed by atoms with van der Waals surface area (Å²) < 4.78 is 25.3. The van der Waals surface area contributed by atoms with E-state index >= 15 is 0 Å². The van der Waals surface area contributed by atoms with E-state index in [1.165, 1.54) is 6.07 Å². The van der Waals surface area contributed by atoms with Crippen LogP contribution in [0, 0.1) is 0 Å². The third kappa shape index (κ3) is 1.95. The average molecular weight is 252 g/mol. The number of carbonyl (C=O) groups excluding carboxylic acids is 1. The minimum Gasteiger partial charge on any atom is -0.268 e. The van der Waals surface area contributed by atoms with Gasteiger partial charge in [-0.05, 0) is 23.6 Å². The van der Waals surface area contributed by atoms with Crippen molar-refractivity contribution >= 4 is 15.9 Å². The Morgan fingerprint density at radius 2 is 2.18 bits per heavy atom. The van der Waals surface area contributed by atoms with Crippen LogP contribution < -0.4 is 4.72 Å². The molecule has 1 aliphatic rings. The normalized spacial score (nSPS) is 15.9. The molecule has 1 heterocycles. The van der Waals surface area contributed by atoms with Gasteiger partial charge in [-0.1, -0.05) is 17.2 Å². The van der Waals surface area contributed by atoms with Gasteiger partial charge in [0.05, 0.1) is 5.56 Å². The summed E-state index contributed by atoms with van der Waals surface area (Å²) in [6.07, 6.45) is 0.279. The van der Waals surface area contributed by atoms with E-state index in [1.807, 2.05) is 4.72 Å². The molecule has 1 aliphatic heterocycles. The van der Waals surface area contributed by atoms with Crippen molar-refractivity contribution < 1.29 is 13.2 Å². The lowest BCUT2D eigenvalue weighted by atomic mass is 10.1. The predicted octanol–water partition coefficient (Wildman–Crippen LogP) is 0.972. The van der Waals surface area contributed by atoms with Crippen molar-refractivity contribution in [3.05, 3.63) is 39.8 Å². The Bertz CT molecular complexity index is 632. The number of nitrogens with one attached hydrogen (secondary N) is 1. The smallest absolute Gasteiger partial charge is 0.266 e. The van der Waals surface area contributed by atoms with E-state index in [0.717, 1.165) is 0 Å². The van der Waals surface area contributed by atoms with Gasteiger partial charge in [-0.15, -0.1) is 0 Å². The molecule has 0 spiro atoms. The number of rotatable bonds is 3. The molecule has 88 valence electrons. The molecule has 0 unspecified atom stereocenters. The summed E-state index contributed by atoms with van der Waals surface area (Å²) in [7, 11) is -3.76. The van der Waals surface area contributed by atoms with Crippen LogP contribution in [0.4, 0.5) is 0 Å². The Labute approximate surface area is 97.1 Å². The largest absolute Gasteiger partial charge is 0.268 e. The first kappa shape index (κ1) is 11.4. The molecule has 8 heteroatoms. The van der Waals surface area contributed by atoms with Gasteiger partial charge in [0, 0.05) is 11.5 Å². The number of carbonyl (C=O) groups is 1. The highest BCUT2D eigenvalue weighted by atomic mass is 32.2. The number of sulfonamides is 1. The lowest BCUT2D eigenvalue weighted by Gasteiger charge is -2.03. The van der Waals surface area contributed by atoms with E-state index in [0.29, 0.717) is 5.56 Å². The first-order chi connectivity index (χ1) is 8.06. The number of amides is 1. The first-order valence-electron chi connectivity index (χ1n) is 4.76. The molecule has 0 radical (unpaired) electrons. The highest BCUT2D eigenvalue weighted by Crippen LogP contribution is 2.26. The van der Waals surface area contributed by atoms with Crippen molar-refractivity contribution in [2.45, 2.75) is 11.3 Å². The third-order valence-corrected chi connectivity index (χ3v) is 3.86. The van der Waals surface area contributed by atoms with Crippen LogP contribution in [-0.4, -0.2) is 20.9 Å². The zero-order valence-corrected chi connectivity index (χ0v) is 9.44. The summed E-state index contributed by atoms with van der Waals surface area (Å²) in [5, 5.41) is 3.34. The average Bonchev–Trinajstić information content (AvgIpc) is 2.51. The number of fused-ring (bicyclic) bond motifs is 1. The lowest BCUT2D eigenvalue weighted by molar-refractivity contribution is 0.0985. The van der Waals surface area contributed by atoms with Gasteiger partial charge in [0.25, 0.3) is 15.9 Å². The van der Waals surface area contributed by atoms with E-state index in [-0.39, 0.29) is 23.4 Å². The van der Waals surface area contributed by atoms with E-state index in [9.17, 15) is 13.2 Å². The Hall–Kier alpha value is -2.05. The standard InChI is InChI=1S/C9H8N4O3S/c10-13-11-5-4-6-2-1-3-7-8(6)17(15,16)12-9(7)14/h1-3H,4-5H2,(H,12,14). The lowest BCUT2D eigenvalue weighted by Crippen LogP contribution is -2.21. The molecule has 0 saturated carbocycles. The van der Waals surface area contributed by atoms with Crippen molar-refractivity contribution in [2.24, 2.45) is 5.11 Å². The van der Waals surface area contributed by atoms with Gasteiger partial charge >= 0.3 is 0 Å². The van der Waals surface area contributed by atoms with Gasteiger partial charge in [0.2, 0.25) is 0 Å². The highest BCUT2D eigenvalue weighted by Gasteiger charge is 2.34. The maximum atomic E-state index is 11.7. The summed E-state index contributed by atoms with van der Waals surface area (Å²) in [5.41, 5.74) is 8.78. The minimum absolute atomic E-state index is 0.00172. The Balaban J connectivity index is 2.50. The van der Waals surface area contributed by atoms with Crippen LogP contribution in [0.2, 0.25) is 0 Å². The second-order valence-electron chi connectivity index (χ2n) is 3.43. The molecule has 2 rings (SSSR count). The second-order valence-corrected chi connectivity index (χ2v) is 5.05. The minimum atomic E-state index is -3.76. The SMILES string of the molecule is [N-]=[N+]=NCCc1cccc2c1S(=O)(=O)NC2=O. The predicted molar refractivity (Wildman–Crippen MR) is 58.8 cm³/mol. The second kappa shape index (κ2) is 4.08. The number of nitrogens with zero attached hydrogens (tertiary/aromatic N) is 3. The van der Waals surface area contributed by atoms with Crippen LogP contribution in [0.1, 0.15) is 15.9 Å². The molecule has 0 aromatic heterocycles. The van der Waals surface area contributed by atoms with E-state index in [4.69, 9.17) is 5.53 Å². The zero-order chi connectivity index (χ0) is 12.5. The van der Waals surface area contributed by atoms with E-state index < -0.39 is 15.9 Å². The molecule has 1 N–H and O–H groups in total. The summed E-state index contributed by atoms with van der Waals surface area (Å²) in [6, 6.07) is 4.65. The summed E-state index contributed by atoms with van der Waals surface area (Å²) in [5.74, 6) is -0.620. The maximum absolute atomic E-state index is 11.7. The Kier molecular flexibility index (Phi) is 2.74. The van der Waals surface area contributed by atoms with E-state index in [1.54, 1.807) is 12.1 Å². The highest BCUT2D eigenvalue weighted by molar-refractivity contribution is 7.90. The topological polar surface area (TPSA) is 112 Å². The van der Waals surface area contributed by atoms with Gasteiger partial charge in [0.15, 0.2) is 0 Å². The van der Waals surface area contributed by atoms with Gasteiger partial charge < -0.3 is 0 Å². The third-order valence-electron chi connectivity index (χ3n) is 2.38. The molecule has 0 fully saturated rings. The van der Waals surface area contributed by atoms with Crippen molar-refractivity contribution in [2.75, 3.05) is 6.54 Å². The first-order valence-corrected chi connectivity index (χ1v) is 6.24. The molecule has 0 saturated heterocycles. The summed E-state index contributed by atoms with van der Waals surface area (Å²) >= 11 is 0. The fourth-order valence-electron chi connectivity index (χ4n) is 1.72. The molecule has 0 atom stereocenters. The van der Waals surface area contributed by atoms with Crippen molar-refractivity contribution in [1.82, 2.24) is 4.72 Å². The van der Waals surface area contributed by atoms with Crippen LogP contribution in [0.5, 0.6) is 0 Å². The molecule has 0 aliphatic carbocycles. The molecule has 1 aromatic rings. The molecular formula is C9H8N4O3S. The maximum Gasteiger partial charge on any atom is 0.266 e. The number of hydrogen-bond acceptors (Lipinski definition) is 4. The fourth-order valence-corrected chi connectivity index (χ4v) is 3.14. The molecule has 1 amide bonds. The van der Waals surface area contributed by atoms with Gasteiger partial charge in [-0.3, -0.25) is 4.79 Å². The Morgan fingerprint density at radius 3 is 2.88 bits per heavy atom. The van der Waals surface area contributed by atoms with Crippen LogP contribution in [0.15, 0.2) is 28.2 Å². The number of benzene rings is 1. The summed E-state index contributed by atoms with van der Waals surface area (Å²) in [6.45, 7) is 0.149. The zero-order valence-electron chi connectivity index (χ0n) is 8.62. The molecule has 1 aromatic carbocycles. The van der Waals surface area contributed by atoms with E-state index in [2.05, 4.69) is 10.0 Å². The van der Waals surface area contributed by atoms with Crippen LogP contribution in [-0.2, 0) is 16.4 Å². The quantitative estimate of drug-likeness (QED) is 0.491. The van der Waals surface area contributed by atoms with Crippen LogP contribution in [0.25, 0.3) is 10.4 Å². The van der Waals surface area contributed by atoms with Crippen molar-refractivity contribution in [3.63, 3.8) is 0 Å². The number of azide groups is 1. The van der Waals surface area contributed by atoms with Gasteiger partial charge in [-0.25, -0.2) is 13.1 Å². The molecular weight excluding hydrogens is 244 g/mol. The van der Waals surface area contributed by atoms with Crippen molar-refractivity contribution in [1.29, 1.82) is 0 Å². The molecule has 0 bridgehead atoms. The van der Waals surface area contributed by atoms with Crippen LogP contribution >= 0.6 is 0 Å².